The number of rotatable bonds is 7. The highest BCUT2D eigenvalue weighted by Crippen LogP contribution is 2.18. The number of amides is 2. The molecule has 0 saturated carbocycles. The van der Waals surface area contributed by atoms with Crippen molar-refractivity contribution in [3.05, 3.63) is 18.0 Å². The molecule has 9 heteroatoms. The van der Waals surface area contributed by atoms with Gasteiger partial charge in [0, 0.05) is 32.8 Å². The lowest BCUT2D eigenvalue weighted by molar-refractivity contribution is -0.122. The van der Waals surface area contributed by atoms with Crippen molar-refractivity contribution in [3.63, 3.8) is 0 Å². The van der Waals surface area contributed by atoms with E-state index in [1.807, 2.05) is 13.8 Å². The first-order valence-electron chi connectivity index (χ1n) is 7.89. The van der Waals surface area contributed by atoms with Crippen molar-refractivity contribution in [2.24, 2.45) is 13.0 Å². The number of hydrazine groups is 1. The van der Waals surface area contributed by atoms with Crippen LogP contribution in [0.5, 0.6) is 0 Å². The van der Waals surface area contributed by atoms with Crippen LogP contribution in [0.25, 0.3) is 0 Å². The van der Waals surface area contributed by atoms with Gasteiger partial charge in [-0.1, -0.05) is 27.7 Å². The minimum atomic E-state index is -3.64. The summed E-state index contributed by atoms with van der Waals surface area (Å²) in [5, 5.41) is 0. The monoisotopic (exact) mass is 358 g/mol. The van der Waals surface area contributed by atoms with Gasteiger partial charge in [0.05, 0.1) is 0 Å². The van der Waals surface area contributed by atoms with Gasteiger partial charge < -0.3 is 4.57 Å². The van der Waals surface area contributed by atoms with E-state index in [1.165, 1.54) is 21.1 Å². The molecule has 0 radical (unpaired) electrons. The zero-order valence-electron chi connectivity index (χ0n) is 14.8. The van der Waals surface area contributed by atoms with Gasteiger partial charge in [-0.3, -0.25) is 20.4 Å². The summed E-state index contributed by atoms with van der Waals surface area (Å²) in [7, 11) is -2.06. The fraction of sp³-hybridized carbons (Fsp3) is 0.600. The van der Waals surface area contributed by atoms with Crippen molar-refractivity contribution in [2.75, 3.05) is 13.1 Å². The lowest BCUT2D eigenvalue weighted by atomic mass is 10.1. The first-order chi connectivity index (χ1) is 11.1. The first kappa shape index (κ1) is 20.2. The predicted molar refractivity (Wildman–Crippen MR) is 90.6 cm³/mol. The Balaban J connectivity index is 2.90. The van der Waals surface area contributed by atoms with E-state index in [0.29, 0.717) is 13.1 Å². The van der Waals surface area contributed by atoms with Gasteiger partial charge in [0.15, 0.2) is 0 Å². The maximum absolute atomic E-state index is 12.5. The number of nitrogens with one attached hydrogen (secondary N) is 2. The van der Waals surface area contributed by atoms with E-state index in [2.05, 4.69) is 10.9 Å². The van der Waals surface area contributed by atoms with Crippen LogP contribution in [0.3, 0.4) is 0 Å². The Hall–Kier alpha value is -1.87. The van der Waals surface area contributed by atoms with Gasteiger partial charge >= 0.3 is 0 Å². The molecule has 0 aliphatic heterocycles. The minimum Gasteiger partial charge on any atom is -0.345 e. The fourth-order valence-corrected chi connectivity index (χ4v) is 3.76. The standard InChI is InChI=1S/C15H26N4O4S/c1-6-19(7-2)24(22,23)12-9-13(18(5)10-12)15(21)17-16-14(20)8-11(3)4/h9-11H,6-8H2,1-5H3,(H,16,20)(H,17,21). The summed E-state index contributed by atoms with van der Waals surface area (Å²) in [5.74, 6) is -0.707. The molecule has 2 amide bonds. The molecule has 0 aromatic carbocycles. The number of hydrogen-bond acceptors (Lipinski definition) is 4. The van der Waals surface area contributed by atoms with Crippen molar-refractivity contribution in [3.8, 4) is 0 Å². The Morgan fingerprint density at radius 2 is 1.79 bits per heavy atom. The van der Waals surface area contributed by atoms with E-state index in [-0.39, 0.29) is 28.8 Å². The Labute approximate surface area is 143 Å². The summed E-state index contributed by atoms with van der Waals surface area (Å²) in [6.07, 6.45) is 1.67. The molecule has 8 nitrogen and oxygen atoms in total. The van der Waals surface area contributed by atoms with Gasteiger partial charge in [-0.25, -0.2) is 8.42 Å². The van der Waals surface area contributed by atoms with Gasteiger partial charge in [-0.05, 0) is 12.0 Å². The van der Waals surface area contributed by atoms with Crippen molar-refractivity contribution < 1.29 is 18.0 Å². The number of sulfonamides is 1. The fourth-order valence-electron chi connectivity index (χ4n) is 2.23. The number of aryl methyl sites for hydroxylation is 1. The maximum Gasteiger partial charge on any atom is 0.286 e. The summed E-state index contributed by atoms with van der Waals surface area (Å²) in [4.78, 5) is 23.8. The van der Waals surface area contributed by atoms with Gasteiger partial charge in [-0.2, -0.15) is 4.31 Å². The van der Waals surface area contributed by atoms with Crippen LogP contribution in [0.1, 0.15) is 44.6 Å². The minimum absolute atomic E-state index is 0.0485. The quantitative estimate of drug-likeness (QED) is 0.706. The van der Waals surface area contributed by atoms with E-state index in [9.17, 15) is 18.0 Å². The molecule has 2 N–H and O–H groups in total. The third-order valence-corrected chi connectivity index (χ3v) is 5.48. The highest BCUT2D eigenvalue weighted by atomic mass is 32.2. The molecular formula is C15H26N4O4S. The molecule has 136 valence electrons. The molecule has 1 aromatic heterocycles. The molecule has 1 rings (SSSR count). The summed E-state index contributed by atoms with van der Waals surface area (Å²) in [6.45, 7) is 7.98. The number of carbonyl (C=O) groups excluding carboxylic acids is 2. The van der Waals surface area contributed by atoms with Gasteiger partial charge in [0.25, 0.3) is 5.91 Å². The van der Waals surface area contributed by atoms with Crippen LogP contribution < -0.4 is 10.9 Å². The molecule has 0 fully saturated rings. The van der Waals surface area contributed by atoms with E-state index in [0.717, 1.165) is 0 Å². The van der Waals surface area contributed by atoms with Crippen LogP contribution >= 0.6 is 0 Å². The summed E-state index contributed by atoms with van der Waals surface area (Å²) in [6, 6.07) is 1.30. The summed E-state index contributed by atoms with van der Waals surface area (Å²) < 4.78 is 27.7. The molecule has 0 saturated heterocycles. The van der Waals surface area contributed by atoms with Gasteiger partial charge in [0.1, 0.15) is 10.6 Å². The number of carbonyl (C=O) groups is 2. The molecule has 0 unspecified atom stereocenters. The van der Waals surface area contributed by atoms with Crippen LogP contribution in [-0.4, -0.2) is 42.2 Å². The molecule has 0 aliphatic carbocycles. The molecular weight excluding hydrogens is 332 g/mol. The van der Waals surface area contributed by atoms with E-state index in [4.69, 9.17) is 0 Å². The zero-order chi connectivity index (χ0) is 18.5. The molecule has 0 bridgehead atoms. The van der Waals surface area contributed by atoms with Crippen LogP contribution in [0.4, 0.5) is 0 Å². The first-order valence-corrected chi connectivity index (χ1v) is 9.33. The van der Waals surface area contributed by atoms with E-state index < -0.39 is 15.9 Å². The smallest absolute Gasteiger partial charge is 0.286 e. The molecule has 0 atom stereocenters. The maximum atomic E-state index is 12.5. The lowest BCUT2D eigenvalue weighted by Gasteiger charge is -2.17. The van der Waals surface area contributed by atoms with Gasteiger partial charge in [0.2, 0.25) is 15.9 Å². The zero-order valence-corrected chi connectivity index (χ0v) is 15.6. The van der Waals surface area contributed by atoms with Crippen molar-refractivity contribution >= 4 is 21.8 Å². The van der Waals surface area contributed by atoms with Crippen molar-refractivity contribution in [2.45, 2.75) is 39.0 Å². The normalized spacial score (nSPS) is 11.8. The van der Waals surface area contributed by atoms with Crippen LogP contribution in [-0.2, 0) is 21.9 Å². The Morgan fingerprint density at radius 1 is 1.21 bits per heavy atom. The third-order valence-electron chi connectivity index (χ3n) is 3.46. The number of aromatic nitrogens is 1. The molecule has 1 aromatic rings. The Morgan fingerprint density at radius 3 is 2.29 bits per heavy atom. The molecule has 24 heavy (non-hydrogen) atoms. The predicted octanol–water partition coefficient (Wildman–Crippen LogP) is 0.863. The topological polar surface area (TPSA) is 101 Å². The lowest BCUT2D eigenvalue weighted by Crippen LogP contribution is -2.42. The SMILES string of the molecule is CCN(CC)S(=O)(=O)c1cc(C(=O)NNC(=O)CC(C)C)n(C)c1. The van der Waals surface area contributed by atoms with Crippen molar-refractivity contribution in [1.29, 1.82) is 0 Å². The highest BCUT2D eigenvalue weighted by molar-refractivity contribution is 7.89. The Kier molecular flexibility index (Phi) is 6.97. The second kappa shape index (κ2) is 8.29. The second-order valence-corrected chi connectivity index (χ2v) is 7.80. The van der Waals surface area contributed by atoms with Crippen LogP contribution in [0.15, 0.2) is 17.2 Å². The van der Waals surface area contributed by atoms with Crippen LogP contribution in [0.2, 0.25) is 0 Å². The summed E-state index contributed by atoms with van der Waals surface area (Å²) in [5.41, 5.74) is 4.76. The van der Waals surface area contributed by atoms with Crippen molar-refractivity contribution in [1.82, 2.24) is 19.7 Å². The van der Waals surface area contributed by atoms with Crippen LogP contribution in [0, 0.1) is 5.92 Å². The summed E-state index contributed by atoms with van der Waals surface area (Å²) >= 11 is 0. The molecule has 1 heterocycles. The molecule has 0 aliphatic rings. The van der Waals surface area contributed by atoms with E-state index in [1.54, 1.807) is 20.9 Å². The largest absolute Gasteiger partial charge is 0.345 e. The van der Waals surface area contributed by atoms with Gasteiger partial charge in [-0.15, -0.1) is 0 Å². The Bertz CT molecular complexity index is 690. The average molecular weight is 358 g/mol. The average Bonchev–Trinajstić information content (AvgIpc) is 2.88. The third kappa shape index (κ3) is 4.81. The molecule has 0 spiro atoms. The number of hydrogen-bond donors (Lipinski definition) is 2. The second-order valence-electron chi connectivity index (χ2n) is 5.86. The van der Waals surface area contributed by atoms with E-state index >= 15 is 0 Å². The number of nitrogens with zero attached hydrogens (tertiary/aromatic N) is 2. The highest BCUT2D eigenvalue weighted by Gasteiger charge is 2.25.